The van der Waals surface area contributed by atoms with Gasteiger partial charge >= 0.3 is 0 Å². The summed E-state index contributed by atoms with van der Waals surface area (Å²) in [7, 11) is 2.24. The molecule has 2 N–H and O–H groups in total. The van der Waals surface area contributed by atoms with Gasteiger partial charge in [0.1, 0.15) is 40.7 Å². The minimum Gasteiger partial charge on any atom is -0.870 e. The highest BCUT2D eigenvalue weighted by Gasteiger charge is 2.36. The van der Waals surface area contributed by atoms with E-state index in [1.165, 1.54) is 39.7 Å². The van der Waals surface area contributed by atoms with Gasteiger partial charge in [-0.25, -0.2) is 8.97 Å². The number of hydrogen-bond acceptors (Lipinski definition) is 2. The summed E-state index contributed by atoms with van der Waals surface area (Å²) in [4.78, 5) is 0. The van der Waals surface area contributed by atoms with Crippen molar-refractivity contribution in [2.75, 3.05) is 7.05 Å². The van der Waals surface area contributed by atoms with Crippen LogP contribution in [0.3, 0.4) is 0 Å². The van der Waals surface area contributed by atoms with Gasteiger partial charge in [0.25, 0.3) is 0 Å². The second-order valence-electron chi connectivity index (χ2n) is 11.5. The zero-order valence-corrected chi connectivity index (χ0v) is 27.2. The SMILES string of the molecule is C[N+](c1ccccc1)(c1ccccc1)c1ccccc1.[OH-].[OH-].c1ccc(C[N+](c2ccccc2)(c2ccccc2)c2ccccc2)cc1. The molecule has 0 unspecified atom stereocenters. The van der Waals surface area contributed by atoms with Gasteiger partial charge in [0.2, 0.25) is 0 Å². The maximum atomic E-state index is 2.24. The van der Waals surface area contributed by atoms with E-state index in [2.05, 4.69) is 219 Å². The Morgan fingerprint density at radius 3 is 0.750 bits per heavy atom. The second kappa shape index (κ2) is 16.8. The van der Waals surface area contributed by atoms with Crippen LogP contribution < -0.4 is 8.97 Å². The van der Waals surface area contributed by atoms with E-state index in [4.69, 9.17) is 0 Å². The molecule has 0 saturated carbocycles. The van der Waals surface area contributed by atoms with Crippen molar-refractivity contribution in [3.63, 3.8) is 0 Å². The van der Waals surface area contributed by atoms with E-state index >= 15 is 0 Å². The van der Waals surface area contributed by atoms with Crippen LogP contribution in [0.2, 0.25) is 0 Å². The molecule has 0 saturated heterocycles. The summed E-state index contributed by atoms with van der Waals surface area (Å²) in [5.41, 5.74) is 8.85. The molecule has 4 nitrogen and oxygen atoms in total. The van der Waals surface area contributed by atoms with E-state index in [-0.39, 0.29) is 11.0 Å². The van der Waals surface area contributed by atoms with E-state index in [0.29, 0.717) is 8.97 Å². The third-order valence-electron chi connectivity index (χ3n) is 8.67. The molecule has 7 rings (SSSR count). The minimum absolute atomic E-state index is 0. The fourth-order valence-electron chi connectivity index (χ4n) is 6.25. The maximum absolute atomic E-state index is 2.24. The van der Waals surface area contributed by atoms with Crippen molar-refractivity contribution in [1.29, 1.82) is 0 Å². The maximum Gasteiger partial charge on any atom is 0.143 e. The van der Waals surface area contributed by atoms with Crippen molar-refractivity contribution >= 4 is 34.1 Å². The molecule has 0 bridgehead atoms. The summed E-state index contributed by atoms with van der Waals surface area (Å²) in [6.07, 6.45) is 0. The van der Waals surface area contributed by atoms with Crippen molar-refractivity contribution in [2.24, 2.45) is 0 Å². The lowest BCUT2D eigenvalue weighted by Crippen LogP contribution is -2.38. The first-order valence-corrected chi connectivity index (χ1v) is 15.8. The van der Waals surface area contributed by atoms with Crippen LogP contribution in [-0.2, 0) is 6.54 Å². The molecule has 0 radical (unpaired) electrons. The minimum atomic E-state index is 0. The molecule has 4 heteroatoms. The molecule has 0 aliphatic carbocycles. The lowest BCUT2D eigenvalue weighted by atomic mass is 10.1. The van der Waals surface area contributed by atoms with Gasteiger partial charge in [-0.15, -0.1) is 0 Å². The molecule has 7 aromatic rings. The van der Waals surface area contributed by atoms with E-state index in [1.54, 1.807) is 0 Å². The first-order valence-electron chi connectivity index (χ1n) is 15.8. The van der Waals surface area contributed by atoms with Crippen molar-refractivity contribution in [2.45, 2.75) is 6.54 Å². The Morgan fingerprint density at radius 2 is 0.500 bits per heavy atom. The fraction of sp³-hybridized carbons (Fsp3) is 0.0455. The van der Waals surface area contributed by atoms with Gasteiger partial charge in [-0.1, -0.05) is 140 Å². The molecule has 7 aromatic carbocycles. The zero-order valence-electron chi connectivity index (χ0n) is 27.2. The number of rotatable bonds is 8. The largest absolute Gasteiger partial charge is 0.870 e. The summed E-state index contributed by atoms with van der Waals surface area (Å²) in [5, 5.41) is 0. The highest BCUT2D eigenvalue weighted by molar-refractivity contribution is 5.71. The molecule has 0 heterocycles. The van der Waals surface area contributed by atoms with Crippen molar-refractivity contribution in [3.8, 4) is 0 Å². The van der Waals surface area contributed by atoms with Crippen LogP contribution in [-0.4, -0.2) is 18.0 Å². The molecule has 240 valence electrons. The molecular weight excluding hydrogens is 588 g/mol. The Hall–Kier alpha value is -5.62. The normalized spacial score (nSPS) is 10.8. The molecule has 0 amide bonds. The van der Waals surface area contributed by atoms with Gasteiger partial charge in [-0.05, 0) is 72.8 Å². The summed E-state index contributed by atoms with van der Waals surface area (Å²) in [6, 6.07) is 74.9. The number of hydrogen-bond donors (Lipinski definition) is 0. The standard InChI is InChI=1S/C25H22N.C19H18N.2H2O/c1-5-13-22(14-6-1)21-26(23-15-7-2-8-16-23,24-17-9-3-10-18-24)25-19-11-4-12-20-25;1-20(17-11-5-2-6-12-17,18-13-7-3-8-14-18)19-15-9-4-10-16-19;;/h1-20H,21H2;2-16H,1H3;2*1H2/q2*+1;;/p-2. The Balaban J connectivity index is 0.000000215. The zero-order chi connectivity index (χ0) is 31.5. The molecule has 0 spiro atoms. The quantitative estimate of drug-likeness (QED) is 0.157. The Bertz CT molecular complexity index is 1700. The monoisotopic (exact) mass is 630 g/mol. The topological polar surface area (TPSA) is 60.0 Å². The summed E-state index contributed by atoms with van der Waals surface area (Å²) in [6.45, 7) is 0.860. The van der Waals surface area contributed by atoms with Crippen molar-refractivity contribution in [1.82, 2.24) is 8.97 Å². The second-order valence-corrected chi connectivity index (χ2v) is 11.5. The van der Waals surface area contributed by atoms with Gasteiger partial charge in [0, 0.05) is 5.56 Å². The molecule has 0 aromatic heterocycles. The van der Waals surface area contributed by atoms with Crippen molar-refractivity contribution in [3.05, 3.63) is 218 Å². The van der Waals surface area contributed by atoms with Crippen LogP contribution in [0.1, 0.15) is 5.56 Å². The predicted molar refractivity (Wildman–Crippen MR) is 201 cm³/mol. The third kappa shape index (κ3) is 7.50. The van der Waals surface area contributed by atoms with Gasteiger partial charge < -0.3 is 11.0 Å². The molecule has 0 aliphatic rings. The number of para-hydroxylation sites is 6. The Morgan fingerprint density at radius 1 is 0.292 bits per heavy atom. The van der Waals surface area contributed by atoms with Crippen molar-refractivity contribution < 1.29 is 11.0 Å². The Kier molecular flexibility index (Phi) is 12.3. The average Bonchev–Trinajstić information content (AvgIpc) is 3.16. The van der Waals surface area contributed by atoms with Gasteiger partial charge in [0.05, 0.1) is 7.05 Å². The summed E-state index contributed by atoms with van der Waals surface area (Å²) in [5.74, 6) is 0. The lowest BCUT2D eigenvalue weighted by Gasteiger charge is -2.37. The van der Waals surface area contributed by atoms with E-state index < -0.39 is 0 Å². The number of quaternary nitrogens is 2. The first-order chi connectivity index (χ1) is 22.7. The van der Waals surface area contributed by atoms with Crippen LogP contribution in [0.25, 0.3) is 0 Å². The summed E-state index contributed by atoms with van der Waals surface area (Å²) < 4.78 is 1.33. The van der Waals surface area contributed by atoms with E-state index in [0.717, 1.165) is 6.54 Å². The van der Waals surface area contributed by atoms with E-state index in [1.807, 2.05) is 0 Å². The highest BCUT2D eigenvalue weighted by Crippen LogP contribution is 2.45. The smallest absolute Gasteiger partial charge is 0.143 e. The first kappa shape index (κ1) is 35.2. The molecule has 0 atom stereocenters. The van der Waals surface area contributed by atoms with Crippen LogP contribution >= 0.6 is 0 Å². The fourth-order valence-corrected chi connectivity index (χ4v) is 6.25. The number of benzene rings is 7. The predicted octanol–water partition coefficient (Wildman–Crippen LogP) is 11.8. The Labute approximate surface area is 284 Å². The van der Waals surface area contributed by atoms with Crippen LogP contribution in [0.15, 0.2) is 212 Å². The third-order valence-corrected chi connectivity index (χ3v) is 8.67. The van der Waals surface area contributed by atoms with Gasteiger partial charge in [-0.2, -0.15) is 0 Å². The van der Waals surface area contributed by atoms with E-state index in [9.17, 15) is 0 Å². The van der Waals surface area contributed by atoms with Gasteiger partial charge in [0.15, 0.2) is 0 Å². The highest BCUT2D eigenvalue weighted by atomic mass is 16.0. The molecule has 0 fully saturated rings. The van der Waals surface area contributed by atoms with Crippen LogP contribution in [0.5, 0.6) is 0 Å². The van der Waals surface area contributed by atoms with Crippen LogP contribution in [0, 0.1) is 0 Å². The molecule has 0 aliphatic heterocycles. The van der Waals surface area contributed by atoms with Gasteiger partial charge in [-0.3, -0.25) is 0 Å². The molecule has 48 heavy (non-hydrogen) atoms. The lowest BCUT2D eigenvalue weighted by molar-refractivity contribution is 0.512. The summed E-state index contributed by atoms with van der Waals surface area (Å²) >= 11 is 0. The molecular formula is C44H42N2O2. The number of nitrogens with zero attached hydrogens (tertiary/aromatic N) is 2. The average molecular weight is 631 g/mol. The van der Waals surface area contributed by atoms with Crippen LogP contribution in [0.4, 0.5) is 34.1 Å².